The van der Waals surface area contributed by atoms with Crippen molar-refractivity contribution < 1.29 is 19.0 Å². The van der Waals surface area contributed by atoms with Crippen molar-refractivity contribution in [1.29, 1.82) is 0 Å². The van der Waals surface area contributed by atoms with E-state index in [1.54, 1.807) is 26.4 Å². The molecule has 0 aliphatic heterocycles. The molecule has 1 aromatic heterocycles. The van der Waals surface area contributed by atoms with Gasteiger partial charge in [0.25, 0.3) is 0 Å². The third-order valence-corrected chi connectivity index (χ3v) is 4.76. The van der Waals surface area contributed by atoms with Gasteiger partial charge in [0.15, 0.2) is 5.79 Å². The highest BCUT2D eigenvalue weighted by Gasteiger charge is 2.30. The SMILES string of the molecule is COC(=O)c1ccc(CCC(CCc2c(N)nc(N)nc2N)(OC)OC)cc1. The predicted octanol–water partition coefficient (Wildman–Crippen LogP) is 1.56. The fourth-order valence-electron chi connectivity index (χ4n) is 2.99. The molecule has 0 amide bonds. The standard InChI is InChI=1S/C19H27N5O4/c1-26-17(25)13-6-4-12(5-7-13)8-10-19(27-2,28-3)11-9-14-15(20)23-18(22)24-16(14)21/h4-7H,8-11H2,1-3H3,(H6,20,21,22,23,24). The number of anilines is 3. The lowest BCUT2D eigenvalue weighted by molar-refractivity contribution is -0.214. The third-order valence-electron chi connectivity index (χ3n) is 4.76. The molecule has 152 valence electrons. The number of methoxy groups -OCH3 is 3. The van der Waals surface area contributed by atoms with Crippen molar-refractivity contribution in [3.63, 3.8) is 0 Å². The van der Waals surface area contributed by atoms with Crippen LogP contribution in [0.1, 0.15) is 34.3 Å². The average Bonchev–Trinajstić information content (AvgIpc) is 2.69. The van der Waals surface area contributed by atoms with E-state index in [0.29, 0.717) is 36.8 Å². The summed E-state index contributed by atoms with van der Waals surface area (Å²) in [5.41, 5.74) is 19.6. The highest BCUT2D eigenvalue weighted by molar-refractivity contribution is 5.89. The molecule has 1 aromatic carbocycles. The van der Waals surface area contributed by atoms with Gasteiger partial charge in [-0.15, -0.1) is 0 Å². The third kappa shape index (κ3) is 5.08. The number of rotatable bonds is 9. The van der Waals surface area contributed by atoms with E-state index in [9.17, 15) is 4.79 Å². The van der Waals surface area contributed by atoms with Crippen LogP contribution in [0.25, 0.3) is 0 Å². The van der Waals surface area contributed by atoms with Gasteiger partial charge in [-0.2, -0.15) is 9.97 Å². The summed E-state index contributed by atoms with van der Waals surface area (Å²) in [6.07, 6.45) is 2.25. The molecule has 0 aliphatic carbocycles. The number of hydrogen-bond donors (Lipinski definition) is 3. The maximum atomic E-state index is 11.5. The van der Waals surface area contributed by atoms with E-state index in [0.717, 1.165) is 5.56 Å². The molecule has 2 aromatic rings. The van der Waals surface area contributed by atoms with Crippen molar-refractivity contribution in [3.05, 3.63) is 41.0 Å². The lowest BCUT2D eigenvalue weighted by Gasteiger charge is -2.31. The number of esters is 1. The van der Waals surface area contributed by atoms with E-state index in [-0.39, 0.29) is 23.6 Å². The smallest absolute Gasteiger partial charge is 0.337 e. The number of carbonyl (C=O) groups excluding carboxylic acids is 1. The van der Waals surface area contributed by atoms with E-state index in [1.165, 1.54) is 7.11 Å². The largest absolute Gasteiger partial charge is 0.465 e. The fourth-order valence-corrected chi connectivity index (χ4v) is 2.99. The number of aromatic nitrogens is 2. The number of nitrogens with two attached hydrogens (primary N) is 3. The first-order chi connectivity index (χ1) is 13.3. The molecule has 28 heavy (non-hydrogen) atoms. The van der Waals surface area contributed by atoms with Crippen LogP contribution in [0.15, 0.2) is 24.3 Å². The summed E-state index contributed by atoms with van der Waals surface area (Å²) in [6, 6.07) is 7.23. The molecule has 0 saturated carbocycles. The Morgan fingerprint density at radius 3 is 1.96 bits per heavy atom. The molecule has 0 unspecified atom stereocenters. The van der Waals surface area contributed by atoms with Gasteiger partial charge in [-0.3, -0.25) is 0 Å². The Labute approximate surface area is 164 Å². The first kappa shape index (κ1) is 21.4. The van der Waals surface area contributed by atoms with Crippen LogP contribution in [0, 0.1) is 0 Å². The zero-order chi connectivity index (χ0) is 20.7. The molecule has 6 N–H and O–H groups in total. The van der Waals surface area contributed by atoms with E-state index < -0.39 is 5.79 Å². The maximum absolute atomic E-state index is 11.5. The molecule has 0 fully saturated rings. The summed E-state index contributed by atoms with van der Waals surface area (Å²) in [5, 5.41) is 0. The van der Waals surface area contributed by atoms with E-state index >= 15 is 0 Å². The van der Waals surface area contributed by atoms with E-state index in [4.69, 9.17) is 31.4 Å². The highest BCUT2D eigenvalue weighted by atomic mass is 16.7. The fraction of sp³-hybridized carbons (Fsp3) is 0.421. The van der Waals surface area contributed by atoms with Gasteiger partial charge < -0.3 is 31.4 Å². The number of nitrogen functional groups attached to an aromatic ring is 3. The number of hydrogen-bond acceptors (Lipinski definition) is 9. The van der Waals surface area contributed by atoms with Crippen molar-refractivity contribution in [1.82, 2.24) is 9.97 Å². The lowest BCUT2D eigenvalue weighted by atomic mass is 9.97. The van der Waals surface area contributed by atoms with Crippen molar-refractivity contribution in [2.45, 2.75) is 31.5 Å². The van der Waals surface area contributed by atoms with Crippen LogP contribution in [0.2, 0.25) is 0 Å². The maximum Gasteiger partial charge on any atom is 0.337 e. The average molecular weight is 389 g/mol. The summed E-state index contributed by atoms with van der Waals surface area (Å²) >= 11 is 0. The van der Waals surface area contributed by atoms with E-state index in [1.807, 2.05) is 12.1 Å². The van der Waals surface area contributed by atoms with Gasteiger partial charge >= 0.3 is 5.97 Å². The molecular weight excluding hydrogens is 362 g/mol. The van der Waals surface area contributed by atoms with Crippen molar-refractivity contribution >= 4 is 23.6 Å². The van der Waals surface area contributed by atoms with Gasteiger partial charge in [-0.25, -0.2) is 4.79 Å². The summed E-state index contributed by atoms with van der Waals surface area (Å²) < 4.78 is 16.0. The lowest BCUT2D eigenvalue weighted by Crippen LogP contribution is -2.35. The summed E-state index contributed by atoms with van der Waals surface area (Å²) in [7, 11) is 4.54. The molecule has 1 heterocycles. The predicted molar refractivity (Wildman–Crippen MR) is 106 cm³/mol. The molecule has 0 atom stereocenters. The Balaban J connectivity index is 2.06. The molecule has 0 saturated heterocycles. The summed E-state index contributed by atoms with van der Waals surface area (Å²) in [6.45, 7) is 0. The summed E-state index contributed by atoms with van der Waals surface area (Å²) in [5.74, 6) is -0.648. The van der Waals surface area contributed by atoms with Gasteiger partial charge in [0, 0.05) is 32.6 Å². The molecule has 2 rings (SSSR count). The van der Waals surface area contributed by atoms with Crippen LogP contribution >= 0.6 is 0 Å². The van der Waals surface area contributed by atoms with Gasteiger partial charge in [-0.05, 0) is 30.5 Å². The van der Waals surface area contributed by atoms with Crippen LogP contribution < -0.4 is 17.2 Å². The zero-order valence-electron chi connectivity index (χ0n) is 16.4. The molecule has 0 bridgehead atoms. The first-order valence-electron chi connectivity index (χ1n) is 8.79. The molecular formula is C19H27N5O4. The first-order valence-corrected chi connectivity index (χ1v) is 8.79. The Kier molecular flexibility index (Phi) is 7.13. The van der Waals surface area contributed by atoms with Crippen LogP contribution in [-0.4, -0.2) is 43.1 Å². The van der Waals surface area contributed by atoms with Crippen molar-refractivity contribution in [2.75, 3.05) is 38.5 Å². The molecule has 0 aliphatic rings. The minimum absolute atomic E-state index is 0.0406. The van der Waals surface area contributed by atoms with Gasteiger partial charge in [0.2, 0.25) is 5.95 Å². The number of aryl methyl sites for hydroxylation is 1. The van der Waals surface area contributed by atoms with Crippen molar-refractivity contribution in [3.8, 4) is 0 Å². The van der Waals surface area contributed by atoms with Crippen molar-refractivity contribution in [2.24, 2.45) is 0 Å². The second-order valence-electron chi connectivity index (χ2n) is 6.34. The Morgan fingerprint density at radius 1 is 0.929 bits per heavy atom. The van der Waals surface area contributed by atoms with Gasteiger partial charge in [0.1, 0.15) is 11.6 Å². The van der Waals surface area contributed by atoms with Crippen LogP contribution in [0.4, 0.5) is 17.6 Å². The molecule has 9 heteroatoms. The van der Waals surface area contributed by atoms with Gasteiger partial charge in [0.05, 0.1) is 12.7 Å². The Bertz CT molecular complexity index is 783. The number of ether oxygens (including phenoxy) is 3. The topological polar surface area (TPSA) is 149 Å². The number of carbonyl (C=O) groups is 1. The van der Waals surface area contributed by atoms with Gasteiger partial charge in [-0.1, -0.05) is 12.1 Å². The zero-order valence-corrected chi connectivity index (χ0v) is 16.4. The van der Waals surface area contributed by atoms with Crippen LogP contribution in [0.5, 0.6) is 0 Å². The van der Waals surface area contributed by atoms with Crippen LogP contribution in [0.3, 0.4) is 0 Å². The molecule has 0 spiro atoms. The van der Waals surface area contributed by atoms with Crippen LogP contribution in [-0.2, 0) is 27.1 Å². The molecule has 9 nitrogen and oxygen atoms in total. The Morgan fingerprint density at radius 2 is 1.46 bits per heavy atom. The highest BCUT2D eigenvalue weighted by Crippen LogP contribution is 2.28. The monoisotopic (exact) mass is 389 g/mol. The number of nitrogens with zero attached hydrogens (tertiary/aromatic N) is 2. The molecule has 0 radical (unpaired) electrons. The summed E-state index contributed by atoms with van der Waals surface area (Å²) in [4.78, 5) is 19.4. The van der Waals surface area contributed by atoms with E-state index in [2.05, 4.69) is 9.97 Å². The normalized spacial score (nSPS) is 11.4. The minimum Gasteiger partial charge on any atom is -0.465 e. The second kappa shape index (κ2) is 9.34. The number of benzene rings is 1. The quantitative estimate of drug-likeness (QED) is 0.429. The Hall–Kier alpha value is -2.91. The minimum atomic E-state index is -0.832. The second-order valence-corrected chi connectivity index (χ2v) is 6.34.